The van der Waals surface area contributed by atoms with Crippen molar-refractivity contribution in [3.05, 3.63) is 42.8 Å². The first kappa shape index (κ1) is 19.2. The molecule has 0 aromatic carbocycles. The van der Waals surface area contributed by atoms with Crippen molar-refractivity contribution in [1.82, 2.24) is 0 Å². The molecule has 140 valence electrons. The van der Waals surface area contributed by atoms with Crippen molar-refractivity contribution in [3.8, 4) is 0 Å². The van der Waals surface area contributed by atoms with E-state index in [0.29, 0.717) is 11.2 Å². The zero-order valence-electron chi connectivity index (χ0n) is 13.7. The molecule has 0 saturated heterocycles. The molecule has 1 aliphatic rings. The number of carbonyl (C=O) groups excluding carboxylic acids is 1. The third-order valence-electron chi connectivity index (χ3n) is 4.30. The summed E-state index contributed by atoms with van der Waals surface area (Å²) in [7, 11) is 0. The zero-order chi connectivity index (χ0) is 19.7. The summed E-state index contributed by atoms with van der Waals surface area (Å²) in [4.78, 5) is 11.8. The largest absolute Gasteiger partial charge is 0.380 e. The second-order valence-electron chi connectivity index (χ2n) is 6.04. The van der Waals surface area contributed by atoms with E-state index in [1.807, 2.05) is 0 Å². The molecule has 1 aliphatic carbocycles. The summed E-state index contributed by atoms with van der Waals surface area (Å²) in [5, 5.41) is 0. The molecule has 0 unspecified atom stereocenters. The number of aryl methyl sites for hydroxylation is 3. The SMILES string of the molecule is Cc1cc(C2=C(c3cc(C=O)sc3C)C(F)(F)C(F)(F)C2(F)F)c(C)s1. The molecule has 0 fully saturated rings. The third-order valence-corrected chi connectivity index (χ3v) is 6.24. The number of allylic oxidation sites excluding steroid dienone is 2. The quantitative estimate of drug-likeness (QED) is 0.424. The van der Waals surface area contributed by atoms with Gasteiger partial charge in [-0.1, -0.05) is 0 Å². The van der Waals surface area contributed by atoms with E-state index < -0.39 is 34.5 Å². The van der Waals surface area contributed by atoms with E-state index in [0.717, 1.165) is 28.7 Å². The van der Waals surface area contributed by atoms with E-state index >= 15 is 0 Å². The summed E-state index contributed by atoms with van der Waals surface area (Å²) in [6.07, 6.45) is 0.366. The van der Waals surface area contributed by atoms with Crippen LogP contribution in [-0.4, -0.2) is 24.1 Å². The number of thiophene rings is 2. The molecule has 9 heteroatoms. The fourth-order valence-electron chi connectivity index (χ4n) is 3.12. The number of aldehydes is 1. The van der Waals surface area contributed by atoms with Crippen LogP contribution in [0, 0.1) is 20.8 Å². The first-order chi connectivity index (χ1) is 11.9. The van der Waals surface area contributed by atoms with Crippen LogP contribution in [0.2, 0.25) is 0 Å². The second kappa shape index (κ2) is 5.69. The standard InChI is InChI=1S/C17H12F6OS2/c1-7-4-11(8(2)25-7)13-14(12-5-10(6-24)26-9(12)3)16(20,21)17(22,23)15(13,18)19/h4-6H,1-3H3. The van der Waals surface area contributed by atoms with Crippen LogP contribution in [0.3, 0.4) is 0 Å². The van der Waals surface area contributed by atoms with Gasteiger partial charge in [-0.05, 0) is 44.0 Å². The van der Waals surface area contributed by atoms with Crippen LogP contribution in [-0.2, 0) is 0 Å². The topological polar surface area (TPSA) is 17.1 Å². The Kier molecular flexibility index (Phi) is 4.19. The van der Waals surface area contributed by atoms with Crippen LogP contribution in [0.15, 0.2) is 12.1 Å². The van der Waals surface area contributed by atoms with Gasteiger partial charge in [-0.15, -0.1) is 22.7 Å². The molecular weight excluding hydrogens is 398 g/mol. The average molecular weight is 410 g/mol. The Morgan fingerprint density at radius 2 is 1.27 bits per heavy atom. The van der Waals surface area contributed by atoms with Crippen molar-refractivity contribution in [2.45, 2.75) is 38.5 Å². The number of hydrogen-bond donors (Lipinski definition) is 0. The number of alkyl halides is 6. The summed E-state index contributed by atoms with van der Waals surface area (Å²) in [6, 6.07) is 2.17. The summed E-state index contributed by atoms with van der Waals surface area (Å²) < 4.78 is 86.5. The van der Waals surface area contributed by atoms with Crippen LogP contribution < -0.4 is 0 Å². The van der Waals surface area contributed by atoms with Crippen LogP contribution in [0.1, 0.15) is 35.4 Å². The van der Waals surface area contributed by atoms with E-state index in [1.54, 1.807) is 6.92 Å². The smallest absolute Gasteiger partial charge is 0.297 e. The molecule has 0 amide bonds. The highest BCUT2D eigenvalue weighted by molar-refractivity contribution is 7.14. The summed E-state index contributed by atoms with van der Waals surface area (Å²) >= 11 is 1.84. The van der Waals surface area contributed by atoms with Gasteiger partial charge >= 0.3 is 17.8 Å². The van der Waals surface area contributed by atoms with Crippen LogP contribution >= 0.6 is 22.7 Å². The van der Waals surface area contributed by atoms with E-state index in [-0.39, 0.29) is 20.2 Å². The molecule has 0 radical (unpaired) electrons. The maximum absolute atomic E-state index is 14.6. The first-order valence-electron chi connectivity index (χ1n) is 7.38. The molecule has 2 heterocycles. The monoisotopic (exact) mass is 410 g/mol. The van der Waals surface area contributed by atoms with Gasteiger partial charge in [0.25, 0.3) is 0 Å². The van der Waals surface area contributed by atoms with Crippen LogP contribution in [0.5, 0.6) is 0 Å². The van der Waals surface area contributed by atoms with E-state index in [2.05, 4.69) is 0 Å². The van der Waals surface area contributed by atoms with E-state index in [4.69, 9.17) is 0 Å². The van der Waals surface area contributed by atoms with Crippen molar-refractivity contribution in [1.29, 1.82) is 0 Å². The van der Waals surface area contributed by atoms with Crippen LogP contribution in [0.4, 0.5) is 26.3 Å². The molecule has 0 atom stereocenters. The lowest BCUT2D eigenvalue weighted by Crippen LogP contribution is -2.48. The van der Waals surface area contributed by atoms with Gasteiger partial charge in [-0.2, -0.15) is 26.3 Å². The lowest BCUT2D eigenvalue weighted by Gasteiger charge is -2.25. The summed E-state index contributed by atoms with van der Waals surface area (Å²) in [5.74, 6) is -15.7. The molecule has 0 saturated carbocycles. The van der Waals surface area contributed by atoms with Crippen molar-refractivity contribution in [2.75, 3.05) is 0 Å². The Morgan fingerprint density at radius 1 is 0.808 bits per heavy atom. The Hall–Kier alpha value is -1.61. The van der Waals surface area contributed by atoms with Gasteiger partial charge in [-0.3, -0.25) is 4.79 Å². The highest BCUT2D eigenvalue weighted by atomic mass is 32.1. The number of rotatable bonds is 3. The lowest BCUT2D eigenvalue weighted by molar-refractivity contribution is -0.254. The summed E-state index contributed by atoms with van der Waals surface area (Å²) in [6.45, 7) is 4.32. The zero-order valence-corrected chi connectivity index (χ0v) is 15.4. The molecule has 2 aromatic rings. The van der Waals surface area contributed by atoms with Crippen molar-refractivity contribution >= 4 is 40.1 Å². The predicted molar refractivity (Wildman–Crippen MR) is 89.9 cm³/mol. The molecular formula is C17H12F6OS2. The Labute approximate surface area is 153 Å². The fraction of sp³-hybridized carbons (Fsp3) is 0.353. The Bertz CT molecular complexity index is 935. The van der Waals surface area contributed by atoms with Gasteiger partial charge in [0.15, 0.2) is 6.29 Å². The normalized spacial score (nSPS) is 20.7. The number of carbonyl (C=O) groups is 1. The average Bonchev–Trinajstić information content (AvgIpc) is 3.07. The second-order valence-corrected chi connectivity index (χ2v) is 8.78. The predicted octanol–water partition coefficient (Wildman–Crippen LogP) is 6.38. The van der Waals surface area contributed by atoms with Crippen LogP contribution in [0.25, 0.3) is 11.1 Å². The lowest BCUT2D eigenvalue weighted by atomic mass is 9.95. The third kappa shape index (κ3) is 2.32. The molecule has 0 aliphatic heterocycles. The maximum Gasteiger partial charge on any atom is 0.380 e. The highest BCUT2D eigenvalue weighted by Gasteiger charge is 2.80. The molecule has 2 aromatic heterocycles. The van der Waals surface area contributed by atoms with Crippen molar-refractivity contribution in [3.63, 3.8) is 0 Å². The Morgan fingerprint density at radius 3 is 1.65 bits per heavy atom. The maximum atomic E-state index is 14.6. The molecule has 1 nitrogen and oxygen atoms in total. The fourth-order valence-corrected chi connectivity index (χ4v) is 4.90. The van der Waals surface area contributed by atoms with Gasteiger partial charge in [0, 0.05) is 25.8 Å². The molecule has 0 spiro atoms. The molecule has 3 rings (SSSR count). The van der Waals surface area contributed by atoms with Gasteiger partial charge in [0.05, 0.1) is 4.88 Å². The molecule has 0 bridgehead atoms. The first-order valence-corrected chi connectivity index (χ1v) is 9.01. The van der Waals surface area contributed by atoms with Gasteiger partial charge in [0.1, 0.15) is 0 Å². The van der Waals surface area contributed by atoms with E-state index in [9.17, 15) is 31.1 Å². The number of halogens is 6. The number of hydrogen-bond acceptors (Lipinski definition) is 3. The summed E-state index contributed by atoms with van der Waals surface area (Å²) in [5.41, 5.74) is -3.54. The minimum Gasteiger partial charge on any atom is -0.297 e. The molecule has 0 N–H and O–H groups in total. The van der Waals surface area contributed by atoms with E-state index in [1.165, 1.54) is 19.9 Å². The minimum atomic E-state index is -5.58. The van der Waals surface area contributed by atoms with Crippen molar-refractivity contribution < 1.29 is 31.1 Å². The minimum absolute atomic E-state index is 0.00287. The van der Waals surface area contributed by atoms with Gasteiger partial charge in [0.2, 0.25) is 0 Å². The highest BCUT2D eigenvalue weighted by Crippen LogP contribution is 2.65. The van der Waals surface area contributed by atoms with Gasteiger partial charge in [-0.25, -0.2) is 0 Å². The van der Waals surface area contributed by atoms with Gasteiger partial charge < -0.3 is 0 Å². The van der Waals surface area contributed by atoms with Crippen molar-refractivity contribution in [2.24, 2.45) is 0 Å². The molecule has 26 heavy (non-hydrogen) atoms. The Balaban J connectivity index is 2.45.